The van der Waals surface area contributed by atoms with Crippen LogP contribution >= 0.6 is 24.0 Å². The summed E-state index contributed by atoms with van der Waals surface area (Å²) in [5.74, 6) is 3.31. The first-order valence-corrected chi connectivity index (χ1v) is 8.39. The fourth-order valence-electron chi connectivity index (χ4n) is 3.13. The number of halogens is 1. The van der Waals surface area contributed by atoms with E-state index in [2.05, 4.69) is 27.3 Å². The van der Waals surface area contributed by atoms with E-state index in [9.17, 15) is 0 Å². The summed E-state index contributed by atoms with van der Waals surface area (Å²) in [7, 11) is 3.58. The Balaban J connectivity index is 0.00000225. The van der Waals surface area contributed by atoms with Crippen molar-refractivity contribution in [1.29, 1.82) is 0 Å². The van der Waals surface area contributed by atoms with Crippen molar-refractivity contribution < 1.29 is 9.15 Å². The molecule has 0 saturated carbocycles. The lowest BCUT2D eigenvalue weighted by Gasteiger charge is -2.21. The van der Waals surface area contributed by atoms with Crippen LogP contribution in [0.2, 0.25) is 0 Å². The number of methoxy groups -OCH3 is 1. The van der Waals surface area contributed by atoms with Crippen molar-refractivity contribution >= 4 is 29.9 Å². The Morgan fingerprint density at radius 3 is 2.80 bits per heavy atom. The van der Waals surface area contributed by atoms with Crippen LogP contribution in [0.4, 0.5) is 0 Å². The van der Waals surface area contributed by atoms with E-state index in [-0.39, 0.29) is 24.0 Å². The highest BCUT2D eigenvalue weighted by Crippen LogP contribution is 2.22. The normalized spacial score (nSPS) is 17.4. The van der Waals surface area contributed by atoms with Crippen molar-refractivity contribution in [1.82, 2.24) is 10.2 Å². The quantitative estimate of drug-likeness (QED) is 0.425. The highest BCUT2D eigenvalue weighted by atomic mass is 127. The van der Waals surface area contributed by atoms with Gasteiger partial charge in [0, 0.05) is 38.7 Å². The van der Waals surface area contributed by atoms with Crippen LogP contribution in [-0.2, 0) is 11.3 Å². The predicted octanol–water partition coefficient (Wildman–Crippen LogP) is 3.61. The van der Waals surface area contributed by atoms with Crippen LogP contribution in [-0.4, -0.2) is 44.7 Å². The summed E-state index contributed by atoms with van der Waals surface area (Å²) in [5, 5.41) is 3.40. The lowest BCUT2D eigenvalue weighted by atomic mass is 10.1. The molecule has 1 aliphatic heterocycles. The monoisotopic (exact) mass is 455 g/mol. The first kappa shape index (κ1) is 19.8. The number of hydrogen-bond donors (Lipinski definition) is 1. The number of ether oxygens (including phenoxy) is 1. The molecule has 1 atom stereocenters. The van der Waals surface area contributed by atoms with E-state index in [1.165, 1.54) is 0 Å². The van der Waals surface area contributed by atoms with Crippen molar-refractivity contribution in [3.8, 4) is 11.3 Å². The number of nitrogens with zero attached hydrogens (tertiary/aromatic N) is 2. The maximum atomic E-state index is 5.93. The molecule has 1 aliphatic rings. The Morgan fingerprint density at radius 1 is 1.28 bits per heavy atom. The standard InChI is InChI=1S/C19H25N3O2.HI/c1-20-19(22-11-10-15(13-22)14-23-2)21-12-17-8-9-18(24-17)16-6-4-3-5-7-16;/h3-9,15H,10-14H2,1-2H3,(H,20,21);1H. The first-order valence-electron chi connectivity index (χ1n) is 8.39. The second-order valence-electron chi connectivity index (χ2n) is 6.09. The molecular formula is C19H26IN3O2. The average molecular weight is 455 g/mol. The van der Waals surface area contributed by atoms with Crippen LogP contribution < -0.4 is 5.32 Å². The highest BCUT2D eigenvalue weighted by molar-refractivity contribution is 14.0. The molecule has 0 radical (unpaired) electrons. The van der Waals surface area contributed by atoms with Crippen LogP contribution in [0.5, 0.6) is 0 Å². The summed E-state index contributed by atoms with van der Waals surface area (Å²) in [4.78, 5) is 6.68. The van der Waals surface area contributed by atoms with Crippen molar-refractivity contribution in [2.24, 2.45) is 10.9 Å². The van der Waals surface area contributed by atoms with Crippen molar-refractivity contribution in [3.05, 3.63) is 48.2 Å². The number of guanidine groups is 1. The number of rotatable bonds is 5. The zero-order valence-corrected chi connectivity index (χ0v) is 17.1. The number of benzene rings is 1. The van der Waals surface area contributed by atoms with E-state index >= 15 is 0 Å². The van der Waals surface area contributed by atoms with E-state index in [1.54, 1.807) is 7.11 Å². The van der Waals surface area contributed by atoms with E-state index in [0.29, 0.717) is 12.5 Å². The highest BCUT2D eigenvalue weighted by Gasteiger charge is 2.24. The zero-order chi connectivity index (χ0) is 16.8. The van der Waals surface area contributed by atoms with Crippen molar-refractivity contribution in [2.75, 3.05) is 33.9 Å². The molecule has 1 N–H and O–H groups in total. The van der Waals surface area contributed by atoms with Crippen molar-refractivity contribution in [3.63, 3.8) is 0 Å². The predicted molar refractivity (Wildman–Crippen MR) is 111 cm³/mol. The third kappa shape index (κ3) is 5.22. The largest absolute Gasteiger partial charge is 0.459 e. The Morgan fingerprint density at radius 2 is 2.08 bits per heavy atom. The summed E-state index contributed by atoms with van der Waals surface area (Å²) in [5.41, 5.74) is 1.09. The summed E-state index contributed by atoms with van der Waals surface area (Å²) >= 11 is 0. The fourth-order valence-corrected chi connectivity index (χ4v) is 3.13. The average Bonchev–Trinajstić information content (AvgIpc) is 3.27. The molecule has 1 aromatic heterocycles. The molecule has 5 nitrogen and oxygen atoms in total. The van der Waals surface area contributed by atoms with Crippen LogP contribution in [0.1, 0.15) is 12.2 Å². The molecular weight excluding hydrogens is 429 g/mol. The minimum absolute atomic E-state index is 0. The van der Waals surface area contributed by atoms with Crippen LogP contribution in [0.15, 0.2) is 51.9 Å². The lowest BCUT2D eigenvalue weighted by molar-refractivity contribution is 0.157. The SMILES string of the molecule is CN=C(NCc1ccc(-c2ccccc2)o1)N1CCC(COC)C1.I. The molecule has 2 heterocycles. The molecule has 0 spiro atoms. The van der Waals surface area contributed by atoms with Gasteiger partial charge in [-0.05, 0) is 18.6 Å². The molecule has 6 heteroatoms. The van der Waals surface area contributed by atoms with Gasteiger partial charge in [-0.1, -0.05) is 30.3 Å². The molecule has 0 aliphatic carbocycles. The van der Waals surface area contributed by atoms with Gasteiger partial charge in [0.2, 0.25) is 0 Å². The molecule has 136 valence electrons. The van der Waals surface area contributed by atoms with Gasteiger partial charge in [-0.3, -0.25) is 4.99 Å². The number of hydrogen-bond acceptors (Lipinski definition) is 3. The molecule has 1 fully saturated rings. The maximum Gasteiger partial charge on any atom is 0.194 e. The molecule has 1 aromatic carbocycles. The number of aliphatic imine (C=N–C) groups is 1. The summed E-state index contributed by atoms with van der Waals surface area (Å²) < 4.78 is 11.2. The van der Waals surface area contributed by atoms with E-state index in [1.807, 2.05) is 37.4 Å². The van der Waals surface area contributed by atoms with Gasteiger partial charge >= 0.3 is 0 Å². The summed E-state index contributed by atoms with van der Waals surface area (Å²) in [6.45, 7) is 3.44. The Hall–Kier alpha value is -1.54. The van der Waals surface area contributed by atoms with Gasteiger partial charge in [0.25, 0.3) is 0 Å². The molecule has 2 aromatic rings. The fraction of sp³-hybridized carbons (Fsp3) is 0.421. The molecule has 3 rings (SSSR count). The van der Waals surface area contributed by atoms with Gasteiger partial charge < -0.3 is 19.4 Å². The van der Waals surface area contributed by atoms with Gasteiger partial charge in [0.1, 0.15) is 11.5 Å². The van der Waals surface area contributed by atoms with Crippen molar-refractivity contribution in [2.45, 2.75) is 13.0 Å². The van der Waals surface area contributed by atoms with Gasteiger partial charge in [-0.2, -0.15) is 0 Å². The summed E-state index contributed by atoms with van der Waals surface area (Å²) in [6, 6.07) is 14.2. The summed E-state index contributed by atoms with van der Waals surface area (Å²) in [6.07, 6.45) is 1.15. The molecule has 0 amide bonds. The van der Waals surface area contributed by atoms with Crippen LogP contribution in [0.3, 0.4) is 0 Å². The maximum absolute atomic E-state index is 5.93. The second-order valence-corrected chi connectivity index (χ2v) is 6.09. The Labute approximate surface area is 166 Å². The van der Waals surface area contributed by atoms with E-state index in [0.717, 1.165) is 49.2 Å². The van der Waals surface area contributed by atoms with Gasteiger partial charge in [0.05, 0.1) is 13.2 Å². The Bertz CT molecular complexity index is 672. The van der Waals surface area contributed by atoms with Gasteiger partial charge in [0.15, 0.2) is 5.96 Å². The molecule has 25 heavy (non-hydrogen) atoms. The van der Waals surface area contributed by atoms with Gasteiger partial charge in [-0.25, -0.2) is 0 Å². The molecule has 0 bridgehead atoms. The van der Waals surface area contributed by atoms with Gasteiger partial charge in [-0.15, -0.1) is 24.0 Å². The van der Waals surface area contributed by atoms with Crippen LogP contribution in [0, 0.1) is 5.92 Å². The number of likely N-dealkylation sites (tertiary alicyclic amines) is 1. The number of nitrogens with one attached hydrogen (secondary N) is 1. The van der Waals surface area contributed by atoms with E-state index < -0.39 is 0 Å². The third-order valence-electron chi connectivity index (χ3n) is 4.34. The lowest BCUT2D eigenvalue weighted by Crippen LogP contribution is -2.39. The van der Waals surface area contributed by atoms with Crippen LogP contribution in [0.25, 0.3) is 11.3 Å². The second kappa shape index (κ2) is 9.82. The topological polar surface area (TPSA) is 50.0 Å². The molecule has 1 unspecified atom stereocenters. The number of furan rings is 1. The Kier molecular flexibility index (Phi) is 7.77. The minimum atomic E-state index is 0. The zero-order valence-electron chi connectivity index (χ0n) is 14.8. The first-order chi connectivity index (χ1) is 11.8. The smallest absolute Gasteiger partial charge is 0.194 e. The third-order valence-corrected chi connectivity index (χ3v) is 4.34. The van der Waals surface area contributed by atoms with E-state index in [4.69, 9.17) is 9.15 Å². The molecule has 1 saturated heterocycles. The minimum Gasteiger partial charge on any atom is -0.459 e.